The highest BCUT2D eigenvalue weighted by Gasteiger charge is 2.51. The standard InChI is InChI=1S/C15H26O2/c16-6-2-5-14-13-4-1-3-11-7-12(8-13)10-15(14,17)9-11/h11-14,16-17H,1-10H2. The van der Waals surface area contributed by atoms with Gasteiger partial charge in [0.1, 0.15) is 0 Å². The van der Waals surface area contributed by atoms with Crippen LogP contribution in [0.3, 0.4) is 0 Å². The van der Waals surface area contributed by atoms with E-state index in [9.17, 15) is 5.11 Å². The molecule has 0 heterocycles. The smallest absolute Gasteiger partial charge is 0.0683 e. The summed E-state index contributed by atoms with van der Waals surface area (Å²) in [5.74, 6) is 2.81. The first kappa shape index (κ1) is 12.0. The zero-order valence-corrected chi connectivity index (χ0v) is 10.8. The molecule has 0 aromatic carbocycles. The minimum absolute atomic E-state index is 0.284. The number of aliphatic hydroxyl groups excluding tert-OH is 1. The molecule has 5 atom stereocenters. The van der Waals surface area contributed by atoms with Crippen LogP contribution in [0, 0.1) is 23.7 Å². The zero-order valence-electron chi connectivity index (χ0n) is 10.8. The van der Waals surface area contributed by atoms with Gasteiger partial charge in [-0.15, -0.1) is 0 Å². The van der Waals surface area contributed by atoms with Crippen LogP contribution >= 0.6 is 0 Å². The molecule has 0 aliphatic heterocycles. The number of hydrogen-bond donors (Lipinski definition) is 2. The van der Waals surface area contributed by atoms with Gasteiger partial charge >= 0.3 is 0 Å². The van der Waals surface area contributed by atoms with E-state index in [1.807, 2.05) is 0 Å². The summed E-state index contributed by atoms with van der Waals surface area (Å²) in [7, 11) is 0. The second kappa shape index (κ2) is 4.55. The van der Waals surface area contributed by atoms with Crippen LogP contribution in [0.2, 0.25) is 0 Å². The Hall–Kier alpha value is -0.0800. The van der Waals surface area contributed by atoms with Crippen molar-refractivity contribution in [3.8, 4) is 0 Å². The Morgan fingerprint density at radius 3 is 2.71 bits per heavy atom. The zero-order chi connectivity index (χ0) is 11.9. The molecule has 2 N–H and O–H groups in total. The Bertz CT molecular complexity index is 278. The minimum Gasteiger partial charge on any atom is -0.396 e. The summed E-state index contributed by atoms with van der Waals surface area (Å²) in [4.78, 5) is 0. The number of aliphatic hydroxyl groups is 2. The van der Waals surface area contributed by atoms with Crippen molar-refractivity contribution in [2.24, 2.45) is 23.7 Å². The molecule has 0 radical (unpaired) electrons. The Morgan fingerprint density at radius 2 is 1.88 bits per heavy atom. The van der Waals surface area contributed by atoms with Crippen LogP contribution in [-0.4, -0.2) is 22.4 Å². The van der Waals surface area contributed by atoms with Crippen molar-refractivity contribution < 1.29 is 10.2 Å². The maximum atomic E-state index is 11.0. The molecule has 0 amide bonds. The van der Waals surface area contributed by atoms with Crippen LogP contribution < -0.4 is 0 Å². The summed E-state index contributed by atoms with van der Waals surface area (Å²) >= 11 is 0. The fraction of sp³-hybridized carbons (Fsp3) is 1.00. The van der Waals surface area contributed by atoms with Crippen molar-refractivity contribution in [3.05, 3.63) is 0 Å². The van der Waals surface area contributed by atoms with E-state index < -0.39 is 0 Å². The number of fused-ring (bicyclic) bond motifs is 2. The van der Waals surface area contributed by atoms with E-state index in [0.29, 0.717) is 5.92 Å². The molecule has 0 saturated heterocycles. The van der Waals surface area contributed by atoms with E-state index in [2.05, 4.69) is 0 Å². The highest BCUT2D eigenvalue weighted by Crippen LogP contribution is 2.55. The summed E-state index contributed by atoms with van der Waals surface area (Å²) < 4.78 is 0. The number of rotatable bonds is 3. The average molecular weight is 238 g/mol. The van der Waals surface area contributed by atoms with E-state index in [1.165, 1.54) is 32.1 Å². The van der Waals surface area contributed by atoms with Gasteiger partial charge in [0.15, 0.2) is 0 Å². The maximum absolute atomic E-state index is 11.0. The largest absolute Gasteiger partial charge is 0.396 e. The molecule has 0 aromatic heterocycles. The molecule has 4 saturated carbocycles. The lowest BCUT2D eigenvalue weighted by Crippen LogP contribution is -2.53. The van der Waals surface area contributed by atoms with Crippen molar-refractivity contribution in [2.45, 2.75) is 63.4 Å². The van der Waals surface area contributed by atoms with Crippen molar-refractivity contribution in [1.29, 1.82) is 0 Å². The SMILES string of the molecule is OCCCC1C2CCCC3CC(C2)CC1(O)C3. The molecule has 5 unspecified atom stereocenters. The molecule has 4 rings (SSSR count). The van der Waals surface area contributed by atoms with Crippen LogP contribution in [0.15, 0.2) is 0 Å². The van der Waals surface area contributed by atoms with Gasteiger partial charge in [-0.2, -0.15) is 0 Å². The lowest BCUT2D eigenvalue weighted by atomic mass is 9.53. The maximum Gasteiger partial charge on any atom is 0.0683 e. The summed E-state index contributed by atoms with van der Waals surface area (Å²) in [6, 6.07) is 0. The second-order valence-corrected chi connectivity index (χ2v) is 6.88. The third-order valence-electron chi connectivity index (χ3n) is 5.71. The molecule has 4 bridgehead atoms. The van der Waals surface area contributed by atoms with Gasteiger partial charge in [-0.1, -0.05) is 19.3 Å². The fourth-order valence-electron chi connectivity index (χ4n) is 5.26. The Kier molecular flexibility index (Phi) is 3.20. The van der Waals surface area contributed by atoms with Crippen molar-refractivity contribution in [2.75, 3.05) is 6.61 Å². The van der Waals surface area contributed by atoms with E-state index in [4.69, 9.17) is 5.11 Å². The van der Waals surface area contributed by atoms with Gasteiger partial charge in [0, 0.05) is 6.61 Å². The predicted octanol–water partition coefficient (Wildman–Crippen LogP) is 2.73. The van der Waals surface area contributed by atoms with Crippen molar-refractivity contribution in [1.82, 2.24) is 0 Å². The van der Waals surface area contributed by atoms with E-state index >= 15 is 0 Å². The predicted molar refractivity (Wildman–Crippen MR) is 67.5 cm³/mol. The molecular formula is C15H26O2. The van der Waals surface area contributed by atoms with Gasteiger partial charge in [0.2, 0.25) is 0 Å². The van der Waals surface area contributed by atoms with Gasteiger partial charge in [-0.3, -0.25) is 0 Å². The lowest BCUT2D eigenvalue weighted by Gasteiger charge is -2.55. The fourth-order valence-corrected chi connectivity index (χ4v) is 5.26. The monoisotopic (exact) mass is 238 g/mol. The molecule has 17 heavy (non-hydrogen) atoms. The third-order valence-corrected chi connectivity index (χ3v) is 5.71. The molecule has 2 nitrogen and oxygen atoms in total. The van der Waals surface area contributed by atoms with Crippen molar-refractivity contribution >= 4 is 0 Å². The van der Waals surface area contributed by atoms with Crippen LogP contribution in [0.25, 0.3) is 0 Å². The van der Waals surface area contributed by atoms with Gasteiger partial charge in [0.25, 0.3) is 0 Å². The van der Waals surface area contributed by atoms with Crippen molar-refractivity contribution in [3.63, 3.8) is 0 Å². The normalized spacial score (nSPS) is 49.1. The average Bonchev–Trinajstić information content (AvgIpc) is 2.25. The molecule has 4 aliphatic rings. The molecular weight excluding hydrogens is 212 g/mol. The van der Waals surface area contributed by atoms with E-state index in [1.54, 1.807) is 0 Å². The van der Waals surface area contributed by atoms with Crippen LogP contribution in [0.5, 0.6) is 0 Å². The summed E-state index contributed by atoms with van der Waals surface area (Å²) in [5.41, 5.74) is -0.369. The van der Waals surface area contributed by atoms with E-state index in [-0.39, 0.29) is 12.2 Å². The molecule has 0 aromatic rings. The van der Waals surface area contributed by atoms with Crippen LogP contribution in [0.4, 0.5) is 0 Å². The van der Waals surface area contributed by atoms with Gasteiger partial charge < -0.3 is 10.2 Å². The van der Waals surface area contributed by atoms with Gasteiger partial charge in [-0.25, -0.2) is 0 Å². The van der Waals surface area contributed by atoms with Gasteiger partial charge in [0.05, 0.1) is 5.60 Å². The minimum atomic E-state index is -0.369. The summed E-state index contributed by atoms with van der Waals surface area (Å²) in [5, 5.41) is 20.1. The van der Waals surface area contributed by atoms with Crippen LogP contribution in [0.1, 0.15) is 57.8 Å². The Morgan fingerprint density at radius 1 is 1.06 bits per heavy atom. The quantitative estimate of drug-likeness (QED) is 0.793. The first-order chi connectivity index (χ1) is 8.21. The molecule has 4 aliphatic carbocycles. The molecule has 4 fully saturated rings. The van der Waals surface area contributed by atoms with Gasteiger partial charge in [-0.05, 0) is 62.2 Å². The van der Waals surface area contributed by atoms with Crippen LogP contribution in [-0.2, 0) is 0 Å². The summed E-state index contributed by atoms with van der Waals surface area (Å²) in [6.07, 6.45) is 10.8. The summed E-state index contributed by atoms with van der Waals surface area (Å²) in [6.45, 7) is 0.284. The first-order valence-electron chi connectivity index (χ1n) is 7.54. The highest BCUT2D eigenvalue weighted by atomic mass is 16.3. The lowest BCUT2D eigenvalue weighted by molar-refractivity contribution is -0.146. The highest BCUT2D eigenvalue weighted by molar-refractivity contribution is 5.03. The molecule has 0 spiro atoms. The third kappa shape index (κ3) is 2.15. The Labute approximate surface area is 104 Å². The first-order valence-corrected chi connectivity index (χ1v) is 7.54. The number of hydrogen-bond acceptors (Lipinski definition) is 2. The second-order valence-electron chi connectivity index (χ2n) is 6.88. The molecule has 98 valence electrons. The topological polar surface area (TPSA) is 40.5 Å². The Balaban J connectivity index is 1.82. The molecule has 2 heteroatoms. The van der Waals surface area contributed by atoms with E-state index in [0.717, 1.165) is 43.4 Å².